The van der Waals surface area contributed by atoms with Gasteiger partial charge >= 0.3 is 0 Å². The quantitative estimate of drug-likeness (QED) is 0.886. The molecule has 2 aromatic carbocycles. The number of anilines is 1. The molecular formula is C17H20N2O2. The van der Waals surface area contributed by atoms with Crippen LogP contribution in [-0.4, -0.2) is 19.1 Å². The van der Waals surface area contributed by atoms with Crippen molar-refractivity contribution in [2.75, 3.05) is 12.4 Å². The highest BCUT2D eigenvalue weighted by atomic mass is 16.5. The van der Waals surface area contributed by atoms with Crippen molar-refractivity contribution in [3.8, 4) is 5.75 Å². The van der Waals surface area contributed by atoms with E-state index in [0.29, 0.717) is 17.9 Å². The maximum absolute atomic E-state index is 12.2. The molecule has 0 bridgehead atoms. The Bertz CT molecular complexity index is 611. The maximum Gasteiger partial charge on any atom is 0.241 e. The van der Waals surface area contributed by atoms with Gasteiger partial charge in [0.25, 0.3) is 0 Å². The topological polar surface area (TPSA) is 64.3 Å². The van der Waals surface area contributed by atoms with Gasteiger partial charge in [-0.15, -0.1) is 0 Å². The highest BCUT2D eigenvalue weighted by molar-refractivity contribution is 5.96. The van der Waals surface area contributed by atoms with Crippen LogP contribution in [0.2, 0.25) is 0 Å². The molecule has 0 unspecified atom stereocenters. The van der Waals surface area contributed by atoms with Crippen molar-refractivity contribution in [2.45, 2.75) is 19.4 Å². The summed E-state index contributed by atoms with van der Waals surface area (Å²) in [6, 6.07) is 14.7. The molecule has 0 heterocycles. The molecule has 0 aromatic heterocycles. The van der Waals surface area contributed by atoms with Gasteiger partial charge < -0.3 is 15.8 Å². The van der Waals surface area contributed by atoms with E-state index in [2.05, 4.69) is 5.32 Å². The predicted molar refractivity (Wildman–Crippen MR) is 84.5 cm³/mol. The summed E-state index contributed by atoms with van der Waals surface area (Å²) in [6.07, 6.45) is 0.501. The molecule has 110 valence electrons. The number of carbonyl (C=O) groups is 1. The van der Waals surface area contributed by atoms with Crippen molar-refractivity contribution in [3.05, 3.63) is 59.7 Å². The minimum Gasteiger partial charge on any atom is -0.495 e. The summed E-state index contributed by atoms with van der Waals surface area (Å²) < 4.78 is 5.24. The van der Waals surface area contributed by atoms with Crippen LogP contribution < -0.4 is 15.8 Å². The Kier molecular flexibility index (Phi) is 4.95. The Morgan fingerprint density at radius 1 is 1.24 bits per heavy atom. The van der Waals surface area contributed by atoms with Crippen molar-refractivity contribution in [1.29, 1.82) is 0 Å². The lowest BCUT2D eigenvalue weighted by molar-refractivity contribution is -0.117. The first-order chi connectivity index (χ1) is 10.1. The third kappa shape index (κ3) is 4.07. The predicted octanol–water partition coefficient (Wildman–Crippen LogP) is 2.51. The van der Waals surface area contributed by atoms with E-state index < -0.39 is 6.04 Å². The smallest absolute Gasteiger partial charge is 0.241 e. The van der Waals surface area contributed by atoms with Gasteiger partial charge in [-0.2, -0.15) is 0 Å². The molecule has 0 aliphatic rings. The Morgan fingerprint density at radius 3 is 2.62 bits per heavy atom. The molecule has 3 N–H and O–H groups in total. The fraction of sp³-hybridized carbons (Fsp3) is 0.235. The molecule has 0 saturated carbocycles. The van der Waals surface area contributed by atoms with Crippen molar-refractivity contribution < 1.29 is 9.53 Å². The molecule has 0 aliphatic carbocycles. The first-order valence-electron chi connectivity index (χ1n) is 6.85. The number of ether oxygens (including phenoxy) is 1. The lowest BCUT2D eigenvalue weighted by Crippen LogP contribution is -2.37. The molecule has 0 fully saturated rings. The Morgan fingerprint density at radius 2 is 1.95 bits per heavy atom. The minimum absolute atomic E-state index is 0.220. The number of carbonyl (C=O) groups excluding carboxylic acids is 1. The zero-order valence-electron chi connectivity index (χ0n) is 12.3. The summed E-state index contributed by atoms with van der Waals surface area (Å²) in [5.41, 5.74) is 8.70. The van der Waals surface area contributed by atoms with Crippen LogP contribution >= 0.6 is 0 Å². The third-order valence-electron chi connectivity index (χ3n) is 3.25. The molecule has 2 rings (SSSR count). The van der Waals surface area contributed by atoms with Crippen molar-refractivity contribution >= 4 is 11.6 Å². The molecule has 0 saturated heterocycles. The molecule has 0 aliphatic heterocycles. The Labute approximate surface area is 124 Å². The average molecular weight is 284 g/mol. The van der Waals surface area contributed by atoms with E-state index in [9.17, 15) is 4.79 Å². The van der Waals surface area contributed by atoms with Crippen LogP contribution in [0.5, 0.6) is 5.75 Å². The fourth-order valence-corrected chi connectivity index (χ4v) is 2.11. The average Bonchev–Trinajstić information content (AvgIpc) is 2.48. The number of aryl methyl sites for hydroxylation is 1. The van der Waals surface area contributed by atoms with E-state index in [1.165, 1.54) is 0 Å². The number of methoxy groups -OCH3 is 1. The van der Waals surface area contributed by atoms with Gasteiger partial charge in [0.2, 0.25) is 5.91 Å². The minimum atomic E-state index is -0.599. The molecule has 0 radical (unpaired) electrons. The summed E-state index contributed by atoms with van der Waals surface area (Å²) in [4.78, 5) is 12.2. The molecule has 21 heavy (non-hydrogen) atoms. The van der Waals surface area contributed by atoms with E-state index in [0.717, 1.165) is 11.1 Å². The van der Waals surface area contributed by atoms with E-state index in [4.69, 9.17) is 10.5 Å². The molecule has 0 spiro atoms. The zero-order valence-corrected chi connectivity index (χ0v) is 12.3. The van der Waals surface area contributed by atoms with E-state index >= 15 is 0 Å². The molecular weight excluding hydrogens is 264 g/mol. The van der Waals surface area contributed by atoms with Crippen LogP contribution in [0.4, 0.5) is 5.69 Å². The largest absolute Gasteiger partial charge is 0.495 e. The first-order valence-corrected chi connectivity index (χ1v) is 6.85. The van der Waals surface area contributed by atoms with Gasteiger partial charge in [0, 0.05) is 0 Å². The van der Waals surface area contributed by atoms with Crippen LogP contribution in [0.1, 0.15) is 11.1 Å². The molecule has 2 aromatic rings. The van der Waals surface area contributed by atoms with Gasteiger partial charge in [-0.1, -0.05) is 36.4 Å². The monoisotopic (exact) mass is 284 g/mol. The van der Waals surface area contributed by atoms with Crippen LogP contribution in [0, 0.1) is 6.92 Å². The SMILES string of the molecule is COc1ccc(C)cc1NC(=O)[C@H](N)Cc1ccccc1. The van der Waals surface area contributed by atoms with Crippen molar-refractivity contribution in [1.82, 2.24) is 0 Å². The van der Waals surface area contributed by atoms with Crippen LogP contribution in [0.3, 0.4) is 0 Å². The number of nitrogens with one attached hydrogen (secondary N) is 1. The highest BCUT2D eigenvalue weighted by Crippen LogP contribution is 2.25. The van der Waals surface area contributed by atoms with E-state index in [-0.39, 0.29) is 5.91 Å². The molecule has 1 amide bonds. The molecule has 1 atom stereocenters. The lowest BCUT2D eigenvalue weighted by atomic mass is 10.1. The van der Waals surface area contributed by atoms with Gasteiger partial charge in [-0.25, -0.2) is 0 Å². The van der Waals surface area contributed by atoms with Gasteiger partial charge in [-0.3, -0.25) is 4.79 Å². The second-order valence-corrected chi connectivity index (χ2v) is 4.99. The summed E-state index contributed by atoms with van der Waals surface area (Å²) >= 11 is 0. The number of rotatable bonds is 5. The second kappa shape index (κ2) is 6.90. The van der Waals surface area contributed by atoms with Gasteiger partial charge in [-0.05, 0) is 36.6 Å². The van der Waals surface area contributed by atoms with Gasteiger partial charge in [0.15, 0.2) is 0 Å². The summed E-state index contributed by atoms with van der Waals surface area (Å²) in [5, 5.41) is 2.83. The van der Waals surface area contributed by atoms with Crippen LogP contribution in [-0.2, 0) is 11.2 Å². The first kappa shape index (κ1) is 15.1. The molecule has 4 heteroatoms. The number of benzene rings is 2. The van der Waals surface area contributed by atoms with Crippen LogP contribution in [0.15, 0.2) is 48.5 Å². The maximum atomic E-state index is 12.2. The Balaban J connectivity index is 2.05. The number of nitrogens with two attached hydrogens (primary N) is 1. The molecule has 4 nitrogen and oxygen atoms in total. The van der Waals surface area contributed by atoms with Gasteiger partial charge in [0.05, 0.1) is 18.8 Å². The highest BCUT2D eigenvalue weighted by Gasteiger charge is 2.16. The van der Waals surface area contributed by atoms with E-state index in [1.807, 2.05) is 55.5 Å². The Hall–Kier alpha value is -2.33. The normalized spacial score (nSPS) is 11.8. The second-order valence-electron chi connectivity index (χ2n) is 4.99. The van der Waals surface area contributed by atoms with Crippen LogP contribution in [0.25, 0.3) is 0 Å². The number of amides is 1. The van der Waals surface area contributed by atoms with Crippen molar-refractivity contribution in [2.24, 2.45) is 5.73 Å². The third-order valence-corrected chi connectivity index (χ3v) is 3.25. The summed E-state index contributed by atoms with van der Waals surface area (Å²) in [5.74, 6) is 0.406. The standard InChI is InChI=1S/C17H20N2O2/c1-12-8-9-16(21-2)15(10-12)19-17(20)14(18)11-13-6-4-3-5-7-13/h3-10,14H,11,18H2,1-2H3,(H,19,20)/t14-/m1/s1. The van der Waals surface area contributed by atoms with E-state index in [1.54, 1.807) is 7.11 Å². The lowest BCUT2D eigenvalue weighted by Gasteiger charge is -2.15. The summed E-state index contributed by atoms with van der Waals surface area (Å²) in [7, 11) is 1.57. The van der Waals surface area contributed by atoms with Crippen molar-refractivity contribution in [3.63, 3.8) is 0 Å². The fourth-order valence-electron chi connectivity index (χ4n) is 2.11. The number of hydrogen-bond acceptors (Lipinski definition) is 3. The summed E-state index contributed by atoms with van der Waals surface area (Å²) in [6.45, 7) is 1.96. The van der Waals surface area contributed by atoms with Gasteiger partial charge in [0.1, 0.15) is 5.75 Å². The zero-order chi connectivity index (χ0) is 15.2. The number of hydrogen-bond donors (Lipinski definition) is 2.